The highest BCUT2D eigenvalue weighted by molar-refractivity contribution is 5.96. The van der Waals surface area contributed by atoms with E-state index in [2.05, 4.69) is 39.5 Å². The smallest absolute Gasteiger partial charge is 0.251 e. The lowest BCUT2D eigenvalue weighted by Gasteiger charge is -2.24. The van der Waals surface area contributed by atoms with Crippen molar-refractivity contribution in [1.29, 1.82) is 0 Å². The van der Waals surface area contributed by atoms with Crippen LogP contribution in [0.1, 0.15) is 53.9 Å². The minimum atomic E-state index is 0.00691. The number of carbonyl (C=O) groups excluding carboxylic acids is 1. The molecular formula is C25H28N4O2. The highest BCUT2D eigenvalue weighted by Gasteiger charge is 2.24. The normalized spacial score (nSPS) is 16.9. The molecular weight excluding hydrogens is 388 g/mol. The van der Waals surface area contributed by atoms with Crippen molar-refractivity contribution >= 4 is 5.91 Å². The van der Waals surface area contributed by atoms with E-state index in [1.54, 1.807) is 0 Å². The zero-order chi connectivity index (χ0) is 21.2. The van der Waals surface area contributed by atoms with Crippen molar-refractivity contribution in [3.8, 4) is 22.6 Å². The predicted molar refractivity (Wildman–Crippen MR) is 120 cm³/mol. The summed E-state index contributed by atoms with van der Waals surface area (Å²) in [6.45, 7) is 4.99. The van der Waals surface area contributed by atoms with Crippen molar-refractivity contribution in [1.82, 2.24) is 20.4 Å². The van der Waals surface area contributed by atoms with E-state index in [9.17, 15) is 4.79 Å². The van der Waals surface area contributed by atoms with Gasteiger partial charge in [0.05, 0.1) is 6.54 Å². The zero-order valence-corrected chi connectivity index (χ0v) is 17.9. The molecule has 1 aromatic heterocycles. The summed E-state index contributed by atoms with van der Waals surface area (Å²) >= 11 is 0. The molecule has 5 rings (SSSR count). The molecule has 1 saturated heterocycles. The van der Waals surface area contributed by atoms with Gasteiger partial charge in [0.1, 0.15) is 0 Å². The third kappa shape index (κ3) is 4.69. The number of carbonyl (C=O) groups is 1. The van der Waals surface area contributed by atoms with E-state index < -0.39 is 0 Å². The number of piperidine rings is 1. The Kier molecular flexibility index (Phi) is 5.55. The number of aryl methyl sites for hydroxylation is 1. The second-order valence-electron chi connectivity index (χ2n) is 8.69. The molecule has 1 amide bonds. The topological polar surface area (TPSA) is 71.3 Å². The first-order valence-electron chi connectivity index (χ1n) is 11.2. The summed E-state index contributed by atoms with van der Waals surface area (Å²) in [6.07, 6.45) is 5.96. The lowest BCUT2D eigenvalue weighted by molar-refractivity contribution is 0.0951. The summed E-state index contributed by atoms with van der Waals surface area (Å²) in [6, 6.07) is 14.3. The van der Waals surface area contributed by atoms with E-state index in [1.807, 2.05) is 30.3 Å². The highest BCUT2D eigenvalue weighted by atomic mass is 16.4. The minimum absolute atomic E-state index is 0.00691. The van der Waals surface area contributed by atoms with Crippen LogP contribution in [0, 0.1) is 6.92 Å². The first-order chi connectivity index (χ1) is 15.2. The van der Waals surface area contributed by atoms with Gasteiger partial charge in [-0.1, -0.05) is 24.6 Å². The van der Waals surface area contributed by atoms with Crippen LogP contribution >= 0.6 is 0 Å². The Morgan fingerprint density at radius 2 is 1.77 bits per heavy atom. The molecule has 3 aromatic rings. The van der Waals surface area contributed by atoms with Crippen molar-refractivity contribution in [3.05, 3.63) is 59.5 Å². The molecule has 6 heteroatoms. The van der Waals surface area contributed by atoms with Gasteiger partial charge in [-0.05, 0) is 86.7 Å². The summed E-state index contributed by atoms with van der Waals surface area (Å²) < 4.78 is 5.92. The number of aromatic nitrogens is 2. The van der Waals surface area contributed by atoms with Gasteiger partial charge in [0.15, 0.2) is 0 Å². The van der Waals surface area contributed by atoms with Gasteiger partial charge in [0.25, 0.3) is 5.91 Å². The number of hydrogen-bond donors (Lipinski definition) is 1. The van der Waals surface area contributed by atoms with E-state index >= 15 is 0 Å². The van der Waals surface area contributed by atoms with Crippen LogP contribution in [0.4, 0.5) is 0 Å². The molecule has 1 N–H and O–H groups in total. The molecule has 6 nitrogen and oxygen atoms in total. The Morgan fingerprint density at radius 3 is 2.52 bits per heavy atom. The van der Waals surface area contributed by atoms with Crippen LogP contribution in [-0.2, 0) is 6.54 Å². The Balaban J connectivity index is 1.31. The second kappa shape index (κ2) is 8.63. The summed E-state index contributed by atoms with van der Waals surface area (Å²) in [5.74, 6) is 1.23. The van der Waals surface area contributed by atoms with Crippen LogP contribution < -0.4 is 5.32 Å². The molecule has 0 atom stereocenters. The maximum atomic E-state index is 12.4. The SMILES string of the molecule is Cc1ccc(C(=O)NC2CC2)cc1-c1ccc(-c2nnc(CN3CCCCC3)o2)cc1. The van der Waals surface area contributed by atoms with Crippen molar-refractivity contribution < 1.29 is 9.21 Å². The molecule has 1 saturated carbocycles. The fourth-order valence-electron chi connectivity index (χ4n) is 4.11. The largest absolute Gasteiger partial charge is 0.419 e. The number of nitrogens with zero attached hydrogens (tertiary/aromatic N) is 3. The maximum absolute atomic E-state index is 12.4. The average Bonchev–Trinajstić information content (AvgIpc) is 3.49. The zero-order valence-electron chi connectivity index (χ0n) is 17.9. The van der Waals surface area contributed by atoms with E-state index in [4.69, 9.17) is 4.42 Å². The van der Waals surface area contributed by atoms with Gasteiger partial charge in [0, 0.05) is 17.2 Å². The molecule has 2 fully saturated rings. The van der Waals surface area contributed by atoms with Crippen molar-refractivity contribution in [2.45, 2.75) is 51.6 Å². The van der Waals surface area contributed by atoms with Crippen molar-refractivity contribution in [3.63, 3.8) is 0 Å². The van der Waals surface area contributed by atoms with Gasteiger partial charge in [-0.3, -0.25) is 9.69 Å². The summed E-state index contributed by atoms with van der Waals surface area (Å²) in [4.78, 5) is 14.8. The molecule has 1 aliphatic carbocycles. The lowest BCUT2D eigenvalue weighted by atomic mass is 9.97. The Bertz CT molecular complexity index is 1060. The maximum Gasteiger partial charge on any atom is 0.251 e. The number of rotatable bonds is 6. The molecule has 0 unspecified atom stereocenters. The molecule has 2 aliphatic rings. The number of hydrogen-bond acceptors (Lipinski definition) is 5. The molecule has 1 aliphatic heterocycles. The molecule has 0 bridgehead atoms. The molecule has 2 heterocycles. The number of amides is 1. The Labute approximate surface area is 182 Å². The van der Waals surface area contributed by atoms with Crippen molar-refractivity contribution in [2.75, 3.05) is 13.1 Å². The van der Waals surface area contributed by atoms with Gasteiger partial charge >= 0.3 is 0 Å². The van der Waals surface area contributed by atoms with Gasteiger partial charge in [-0.25, -0.2) is 0 Å². The van der Waals surface area contributed by atoms with Crippen LogP contribution in [0.2, 0.25) is 0 Å². The van der Waals surface area contributed by atoms with Crippen LogP contribution in [0.15, 0.2) is 46.9 Å². The van der Waals surface area contributed by atoms with E-state index in [-0.39, 0.29) is 5.91 Å². The Morgan fingerprint density at radius 1 is 1.03 bits per heavy atom. The van der Waals surface area contributed by atoms with E-state index in [1.165, 1.54) is 19.3 Å². The quantitative estimate of drug-likeness (QED) is 0.636. The van der Waals surface area contributed by atoms with Crippen LogP contribution in [-0.4, -0.2) is 40.1 Å². The number of benzene rings is 2. The van der Waals surface area contributed by atoms with Crippen LogP contribution in [0.3, 0.4) is 0 Å². The van der Waals surface area contributed by atoms with E-state index in [0.29, 0.717) is 23.4 Å². The molecule has 0 radical (unpaired) electrons. The predicted octanol–water partition coefficient (Wildman–Crippen LogP) is 4.59. The van der Waals surface area contributed by atoms with Crippen molar-refractivity contribution in [2.24, 2.45) is 0 Å². The van der Waals surface area contributed by atoms with Gasteiger partial charge in [-0.15, -0.1) is 10.2 Å². The summed E-state index contributed by atoms with van der Waals surface area (Å²) in [5.41, 5.74) is 4.87. The lowest BCUT2D eigenvalue weighted by Crippen LogP contribution is -2.29. The Hall–Kier alpha value is -2.99. The number of likely N-dealkylation sites (tertiary alicyclic amines) is 1. The fourth-order valence-corrected chi connectivity index (χ4v) is 4.11. The third-order valence-corrected chi connectivity index (χ3v) is 6.13. The average molecular weight is 417 g/mol. The first kappa shape index (κ1) is 19.9. The molecule has 0 spiro atoms. The van der Waals surface area contributed by atoms with Crippen LogP contribution in [0.5, 0.6) is 0 Å². The van der Waals surface area contributed by atoms with Gasteiger partial charge < -0.3 is 9.73 Å². The minimum Gasteiger partial charge on any atom is -0.419 e. The third-order valence-electron chi connectivity index (χ3n) is 6.13. The van der Waals surface area contributed by atoms with Gasteiger partial charge in [0.2, 0.25) is 11.8 Å². The fraction of sp³-hybridized carbons (Fsp3) is 0.400. The molecule has 31 heavy (non-hydrogen) atoms. The standard InChI is InChI=1S/C25H28N4O2/c1-17-5-6-20(24(30)26-21-11-12-21)15-22(17)18-7-9-19(10-8-18)25-28-27-23(31-25)16-29-13-3-2-4-14-29/h5-10,15,21H,2-4,11-14,16H2,1H3,(H,26,30). The highest BCUT2D eigenvalue weighted by Crippen LogP contribution is 2.28. The molecule has 2 aromatic carbocycles. The summed E-state index contributed by atoms with van der Waals surface area (Å²) in [7, 11) is 0. The van der Waals surface area contributed by atoms with Crippen LogP contribution in [0.25, 0.3) is 22.6 Å². The van der Waals surface area contributed by atoms with E-state index in [0.717, 1.165) is 54.7 Å². The van der Waals surface area contributed by atoms with Gasteiger partial charge in [-0.2, -0.15) is 0 Å². The summed E-state index contributed by atoms with van der Waals surface area (Å²) in [5, 5.41) is 11.5. The first-order valence-corrected chi connectivity index (χ1v) is 11.2. The monoisotopic (exact) mass is 416 g/mol. The number of nitrogens with one attached hydrogen (secondary N) is 1. The molecule has 160 valence electrons. The second-order valence-corrected chi connectivity index (χ2v) is 8.69.